The van der Waals surface area contributed by atoms with Gasteiger partial charge in [-0.3, -0.25) is 4.79 Å². The van der Waals surface area contributed by atoms with Crippen molar-refractivity contribution < 1.29 is 9.90 Å². The van der Waals surface area contributed by atoms with Crippen LogP contribution >= 0.6 is 11.6 Å². The van der Waals surface area contributed by atoms with Gasteiger partial charge in [0.1, 0.15) is 5.75 Å². The maximum atomic E-state index is 12.5. The van der Waals surface area contributed by atoms with E-state index in [4.69, 9.17) is 11.6 Å². The van der Waals surface area contributed by atoms with Gasteiger partial charge in [-0.1, -0.05) is 29.8 Å². The zero-order valence-electron chi connectivity index (χ0n) is 12.1. The van der Waals surface area contributed by atoms with E-state index in [0.29, 0.717) is 18.7 Å². The lowest BCUT2D eigenvalue weighted by Gasteiger charge is -2.36. The van der Waals surface area contributed by atoms with E-state index in [2.05, 4.69) is 17.0 Å². The van der Waals surface area contributed by atoms with Crippen LogP contribution in [0, 0.1) is 0 Å². The minimum Gasteiger partial charge on any atom is -0.506 e. The minimum atomic E-state index is -0.0467. The summed E-state index contributed by atoms with van der Waals surface area (Å²) in [5.74, 6) is -0.0540. The average Bonchev–Trinajstić information content (AvgIpc) is 2.58. The maximum absolute atomic E-state index is 12.5. The predicted octanol–water partition coefficient (Wildman–Crippen LogP) is 3.01. The summed E-state index contributed by atoms with van der Waals surface area (Å²) in [6, 6.07) is 14.8. The van der Waals surface area contributed by atoms with Gasteiger partial charge in [0.15, 0.2) is 0 Å². The van der Waals surface area contributed by atoms with Gasteiger partial charge in [-0.2, -0.15) is 0 Å². The molecule has 1 amide bonds. The summed E-state index contributed by atoms with van der Waals surface area (Å²) in [5, 5.41) is 9.64. The van der Waals surface area contributed by atoms with E-state index in [1.807, 2.05) is 23.1 Å². The van der Waals surface area contributed by atoms with E-state index in [1.54, 1.807) is 6.07 Å². The van der Waals surface area contributed by atoms with Gasteiger partial charge < -0.3 is 14.9 Å². The van der Waals surface area contributed by atoms with Crippen molar-refractivity contribution in [3.05, 3.63) is 59.1 Å². The number of aromatic hydroxyl groups is 1. The zero-order valence-corrected chi connectivity index (χ0v) is 12.8. The van der Waals surface area contributed by atoms with Crippen LogP contribution in [0.15, 0.2) is 48.5 Å². The fraction of sp³-hybridized carbons (Fsp3) is 0.235. The van der Waals surface area contributed by atoms with Crippen molar-refractivity contribution in [3.8, 4) is 5.75 Å². The van der Waals surface area contributed by atoms with Crippen LogP contribution in [-0.4, -0.2) is 42.1 Å². The Morgan fingerprint density at radius 2 is 1.68 bits per heavy atom. The Morgan fingerprint density at radius 3 is 2.32 bits per heavy atom. The second kappa shape index (κ2) is 6.28. The molecule has 0 bridgehead atoms. The summed E-state index contributed by atoms with van der Waals surface area (Å²) >= 11 is 5.87. The first-order valence-electron chi connectivity index (χ1n) is 7.23. The largest absolute Gasteiger partial charge is 0.506 e. The summed E-state index contributed by atoms with van der Waals surface area (Å²) in [6.45, 7) is 2.96. The first-order valence-corrected chi connectivity index (χ1v) is 7.61. The summed E-state index contributed by atoms with van der Waals surface area (Å²) in [4.78, 5) is 16.6. The zero-order chi connectivity index (χ0) is 15.5. The number of carbonyl (C=O) groups excluding carboxylic acids is 1. The van der Waals surface area contributed by atoms with Gasteiger partial charge in [0.05, 0.1) is 5.02 Å². The number of benzene rings is 2. The molecule has 0 atom stereocenters. The molecule has 1 saturated heterocycles. The third-order valence-electron chi connectivity index (χ3n) is 3.88. The number of phenolic OH excluding ortho intramolecular Hbond substituents is 1. The lowest BCUT2D eigenvalue weighted by atomic mass is 10.1. The molecule has 5 heteroatoms. The second-order valence-corrected chi connectivity index (χ2v) is 5.69. The SMILES string of the molecule is O=C(c1ccc(O)c(Cl)c1)N1CCN(c2ccccc2)CC1. The summed E-state index contributed by atoms with van der Waals surface area (Å²) in [5.41, 5.74) is 1.69. The van der Waals surface area contributed by atoms with Crippen molar-refractivity contribution in [1.82, 2.24) is 4.90 Å². The lowest BCUT2D eigenvalue weighted by molar-refractivity contribution is 0.0747. The first-order chi connectivity index (χ1) is 10.6. The first kappa shape index (κ1) is 14.7. The Hall–Kier alpha value is -2.20. The van der Waals surface area contributed by atoms with E-state index >= 15 is 0 Å². The van der Waals surface area contributed by atoms with E-state index < -0.39 is 0 Å². The Balaban J connectivity index is 1.66. The molecule has 1 heterocycles. The minimum absolute atomic E-state index is 0.00730. The highest BCUT2D eigenvalue weighted by Crippen LogP contribution is 2.24. The van der Waals surface area contributed by atoms with Crippen molar-refractivity contribution in [1.29, 1.82) is 0 Å². The van der Waals surface area contributed by atoms with E-state index in [1.165, 1.54) is 17.8 Å². The van der Waals surface area contributed by atoms with Crippen molar-refractivity contribution in [2.75, 3.05) is 31.1 Å². The molecule has 0 aliphatic carbocycles. The molecule has 0 unspecified atom stereocenters. The monoisotopic (exact) mass is 316 g/mol. The smallest absolute Gasteiger partial charge is 0.254 e. The highest BCUT2D eigenvalue weighted by atomic mass is 35.5. The molecule has 1 fully saturated rings. The number of hydrogen-bond donors (Lipinski definition) is 1. The lowest BCUT2D eigenvalue weighted by Crippen LogP contribution is -2.48. The third-order valence-corrected chi connectivity index (χ3v) is 4.19. The number of rotatable bonds is 2. The summed E-state index contributed by atoms with van der Waals surface area (Å²) < 4.78 is 0. The summed E-state index contributed by atoms with van der Waals surface area (Å²) in [7, 11) is 0. The molecule has 0 radical (unpaired) electrons. The molecule has 114 valence electrons. The molecule has 4 nitrogen and oxygen atoms in total. The van der Waals surface area contributed by atoms with E-state index in [9.17, 15) is 9.90 Å². The molecule has 0 aromatic heterocycles. The number of phenols is 1. The average molecular weight is 317 g/mol. The van der Waals surface area contributed by atoms with Gasteiger partial charge in [-0.15, -0.1) is 0 Å². The van der Waals surface area contributed by atoms with Gasteiger partial charge in [-0.05, 0) is 30.3 Å². The molecule has 1 aliphatic rings. The number of piperazine rings is 1. The molecule has 22 heavy (non-hydrogen) atoms. The number of para-hydroxylation sites is 1. The van der Waals surface area contributed by atoms with Gasteiger partial charge in [0, 0.05) is 37.4 Å². The van der Waals surface area contributed by atoms with Crippen LogP contribution in [0.2, 0.25) is 5.02 Å². The van der Waals surface area contributed by atoms with Crippen molar-refractivity contribution in [2.24, 2.45) is 0 Å². The Morgan fingerprint density at radius 1 is 1.00 bits per heavy atom. The van der Waals surface area contributed by atoms with Gasteiger partial charge in [0.2, 0.25) is 0 Å². The van der Waals surface area contributed by atoms with Crippen molar-refractivity contribution in [3.63, 3.8) is 0 Å². The maximum Gasteiger partial charge on any atom is 0.254 e. The molecule has 0 spiro atoms. The van der Waals surface area contributed by atoms with Gasteiger partial charge in [-0.25, -0.2) is 0 Å². The summed E-state index contributed by atoms with van der Waals surface area (Å²) in [6.07, 6.45) is 0. The number of carbonyl (C=O) groups is 1. The molecule has 3 rings (SSSR count). The van der Waals surface area contributed by atoms with Gasteiger partial charge in [0.25, 0.3) is 5.91 Å². The number of nitrogens with zero attached hydrogens (tertiary/aromatic N) is 2. The topological polar surface area (TPSA) is 43.8 Å². The van der Waals surface area contributed by atoms with Crippen LogP contribution in [0.4, 0.5) is 5.69 Å². The van der Waals surface area contributed by atoms with Crippen LogP contribution < -0.4 is 4.90 Å². The molecular formula is C17H17ClN2O2. The molecular weight excluding hydrogens is 300 g/mol. The predicted molar refractivity (Wildman–Crippen MR) is 87.7 cm³/mol. The quantitative estimate of drug-likeness (QED) is 0.926. The third kappa shape index (κ3) is 3.02. The van der Waals surface area contributed by atoms with Crippen molar-refractivity contribution >= 4 is 23.2 Å². The van der Waals surface area contributed by atoms with E-state index in [-0.39, 0.29) is 16.7 Å². The number of anilines is 1. The van der Waals surface area contributed by atoms with Crippen LogP contribution in [-0.2, 0) is 0 Å². The molecule has 1 aliphatic heterocycles. The molecule has 2 aromatic rings. The van der Waals surface area contributed by atoms with Crippen LogP contribution in [0.5, 0.6) is 5.75 Å². The van der Waals surface area contributed by atoms with Gasteiger partial charge >= 0.3 is 0 Å². The number of halogens is 1. The Bertz CT molecular complexity index is 668. The normalized spacial score (nSPS) is 15.0. The highest BCUT2D eigenvalue weighted by Gasteiger charge is 2.22. The fourth-order valence-corrected chi connectivity index (χ4v) is 2.81. The fourth-order valence-electron chi connectivity index (χ4n) is 2.63. The van der Waals surface area contributed by atoms with Crippen LogP contribution in [0.1, 0.15) is 10.4 Å². The van der Waals surface area contributed by atoms with E-state index in [0.717, 1.165) is 13.1 Å². The van der Waals surface area contributed by atoms with Crippen molar-refractivity contribution in [2.45, 2.75) is 0 Å². The van der Waals surface area contributed by atoms with Crippen LogP contribution in [0.3, 0.4) is 0 Å². The second-order valence-electron chi connectivity index (χ2n) is 5.28. The number of amides is 1. The molecule has 0 saturated carbocycles. The number of hydrogen-bond acceptors (Lipinski definition) is 3. The van der Waals surface area contributed by atoms with Crippen LogP contribution in [0.25, 0.3) is 0 Å². The molecule has 2 aromatic carbocycles. The highest BCUT2D eigenvalue weighted by molar-refractivity contribution is 6.32. The standard InChI is InChI=1S/C17H17ClN2O2/c18-15-12-13(6-7-16(15)21)17(22)20-10-8-19(9-11-20)14-4-2-1-3-5-14/h1-7,12,21H,8-11H2. The Kier molecular flexibility index (Phi) is 4.20. The Labute approximate surface area is 134 Å². The molecule has 1 N–H and O–H groups in total.